The second-order valence-corrected chi connectivity index (χ2v) is 10.2. The number of carbonyl (C=O) groups is 1. The third-order valence-corrected chi connectivity index (χ3v) is 7.18. The first-order valence-electron chi connectivity index (χ1n) is 11.9. The van der Waals surface area contributed by atoms with E-state index in [0.717, 1.165) is 54.4 Å². The summed E-state index contributed by atoms with van der Waals surface area (Å²) in [6, 6.07) is 16.2. The smallest absolute Gasteiger partial charge is 0.229 e. The third kappa shape index (κ3) is 6.88. The van der Waals surface area contributed by atoms with Crippen LogP contribution in [-0.2, 0) is 17.8 Å². The number of likely N-dealkylation sites (N-methyl/N-ethyl adjacent to an activating group) is 1. The molecule has 35 heavy (non-hydrogen) atoms. The van der Waals surface area contributed by atoms with E-state index in [4.69, 9.17) is 11.1 Å². The molecule has 0 saturated carbocycles. The zero-order chi connectivity index (χ0) is 24.8. The van der Waals surface area contributed by atoms with Gasteiger partial charge in [0.1, 0.15) is 0 Å². The highest BCUT2D eigenvalue weighted by molar-refractivity contribution is 7.10. The van der Waals surface area contributed by atoms with E-state index >= 15 is 0 Å². The molecule has 1 aromatic heterocycles. The Morgan fingerprint density at radius 1 is 1.14 bits per heavy atom. The number of nitrogens with two attached hydrogens (primary N) is 2. The zero-order valence-corrected chi connectivity index (χ0v) is 21.3. The van der Waals surface area contributed by atoms with Crippen LogP contribution in [0, 0.1) is 6.92 Å². The van der Waals surface area contributed by atoms with Crippen LogP contribution in [0.25, 0.3) is 6.08 Å². The van der Waals surface area contributed by atoms with Gasteiger partial charge in [0.25, 0.3) is 0 Å². The molecular formula is C28H34N5OS+. The molecule has 3 aromatic rings. The molecular weight excluding hydrogens is 454 g/mol. The van der Waals surface area contributed by atoms with E-state index in [1.807, 2.05) is 48.7 Å². The Hall–Kier alpha value is -3.26. The van der Waals surface area contributed by atoms with E-state index in [1.165, 1.54) is 5.56 Å². The second-order valence-electron chi connectivity index (χ2n) is 9.17. The summed E-state index contributed by atoms with van der Waals surface area (Å²) in [5.41, 5.74) is 12.2. The van der Waals surface area contributed by atoms with Crippen molar-refractivity contribution >= 4 is 40.4 Å². The standard InChI is InChI=1S/C28H33N5OS/c1-20-15-26(30)24(18-27(20)31-28(34)17-23-7-4-14-35-23)25(29)9-8-21-5-3-6-22(16-21)19-33-12-10-32(2)11-13-33/h3-9,14-16,18,29H,10-13,17,19,30H2,1-2H3,(H,31,34)/p+1/b9-8+,29-25?. The topological polar surface area (TPSA) is 87.2 Å². The van der Waals surface area contributed by atoms with E-state index in [1.54, 1.807) is 11.3 Å². The highest BCUT2D eigenvalue weighted by Crippen LogP contribution is 2.24. The van der Waals surface area contributed by atoms with Gasteiger partial charge in [-0.1, -0.05) is 30.3 Å². The van der Waals surface area contributed by atoms with Gasteiger partial charge in [0, 0.05) is 55.1 Å². The molecule has 0 unspecified atom stereocenters. The van der Waals surface area contributed by atoms with Gasteiger partial charge in [-0.15, -0.1) is 11.3 Å². The number of carbonyl (C=O) groups excluding carboxylic acids is 1. The number of anilines is 2. The van der Waals surface area contributed by atoms with Gasteiger partial charge in [0.15, 0.2) is 0 Å². The Kier molecular flexibility index (Phi) is 8.13. The summed E-state index contributed by atoms with van der Waals surface area (Å²) < 4.78 is 0. The van der Waals surface area contributed by atoms with Gasteiger partial charge in [-0.25, -0.2) is 0 Å². The summed E-state index contributed by atoms with van der Waals surface area (Å²) in [7, 11) is 2.17. The number of allylic oxidation sites excluding steroid dienone is 1. The van der Waals surface area contributed by atoms with E-state index in [-0.39, 0.29) is 5.91 Å². The predicted molar refractivity (Wildman–Crippen MR) is 147 cm³/mol. The molecule has 0 radical (unpaired) electrons. The van der Waals surface area contributed by atoms with Crippen LogP contribution < -0.4 is 16.5 Å². The third-order valence-electron chi connectivity index (χ3n) is 6.30. The van der Waals surface area contributed by atoms with E-state index < -0.39 is 0 Å². The highest BCUT2D eigenvalue weighted by Gasteiger charge is 2.15. The molecule has 2 heterocycles. The molecule has 1 aliphatic heterocycles. The molecule has 1 aliphatic rings. The number of piperazine rings is 1. The summed E-state index contributed by atoms with van der Waals surface area (Å²) >= 11 is 1.57. The first-order chi connectivity index (χ1) is 16.9. The molecule has 4 rings (SSSR count). The van der Waals surface area contributed by atoms with E-state index in [2.05, 4.69) is 46.4 Å². The molecule has 0 atom stereocenters. The number of nitrogen functional groups attached to an aromatic ring is 1. The van der Waals surface area contributed by atoms with Crippen LogP contribution >= 0.6 is 11.3 Å². The summed E-state index contributed by atoms with van der Waals surface area (Å²) in [6.07, 6.45) is 4.24. The molecule has 0 bridgehead atoms. The van der Waals surface area contributed by atoms with Crippen molar-refractivity contribution in [3.63, 3.8) is 0 Å². The lowest BCUT2D eigenvalue weighted by atomic mass is 10.0. The van der Waals surface area contributed by atoms with Crippen LogP contribution in [0.4, 0.5) is 11.4 Å². The normalized spacial score (nSPS) is 14.9. The molecule has 0 spiro atoms. The molecule has 182 valence electrons. The average Bonchev–Trinajstić information content (AvgIpc) is 3.34. The summed E-state index contributed by atoms with van der Waals surface area (Å²) in [4.78, 5) is 18.4. The summed E-state index contributed by atoms with van der Waals surface area (Å²) in [5.74, 6) is -0.0578. The van der Waals surface area contributed by atoms with Gasteiger partial charge in [0.2, 0.25) is 11.6 Å². The van der Waals surface area contributed by atoms with Crippen molar-refractivity contribution in [1.82, 2.24) is 9.80 Å². The Balaban J connectivity index is 1.43. The number of hydrogen-bond donors (Lipinski definition) is 3. The number of benzene rings is 2. The lowest BCUT2D eigenvalue weighted by Gasteiger charge is -2.32. The van der Waals surface area contributed by atoms with E-state index in [0.29, 0.717) is 23.4 Å². The van der Waals surface area contributed by atoms with Crippen LogP contribution in [0.2, 0.25) is 0 Å². The Morgan fingerprint density at radius 3 is 2.69 bits per heavy atom. The van der Waals surface area contributed by atoms with Crippen LogP contribution in [0.1, 0.15) is 27.1 Å². The Morgan fingerprint density at radius 2 is 1.94 bits per heavy atom. The van der Waals surface area contributed by atoms with Crippen molar-refractivity contribution < 1.29 is 10.2 Å². The number of rotatable bonds is 8. The quantitative estimate of drug-likeness (QED) is 0.336. The summed E-state index contributed by atoms with van der Waals surface area (Å²) in [6.45, 7) is 7.29. The molecule has 1 amide bonds. The van der Waals surface area contributed by atoms with Crippen LogP contribution in [-0.4, -0.2) is 54.6 Å². The fraction of sp³-hybridized carbons (Fsp3) is 0.286. The van der Waals surface area contributed by atoms with Crippen molar-refractivity contribution in [3.05, 3.63) is 87.1 Å². The van der Waals surface area contributed by atoms with Crippen molar-refractivity contribution in [2.45, 2.75) is 19.9 Å². The van der Waals surface area contributed by atoms with Gasteiger partial charge in [0.05, 0.1) is 12.0 Å². The molecule has 0 aliphatic carbocycles. The Bertz CT molecular complexity index is 1210. The maximum Gasteiger partial charge on any atom is 0.229 e. The second kappa shape index (κ2) is 11.4. The van der Waals surface area contributed by atoms with Crippen molar-refractivity contribution in [2.75, 3.05) is 44.3 Å². The molecule has 6 nitrogen and oxygen atoms in total. The van der Waals surface area contributed by atoms with Gasteiger partial charge < -0.3 is 16.0 Å². The Labute approximate surface area is 211 Å². The minimum absolute atomic E-state index is 0.0578. The minimum Gasteiger partial charge on any atom is -0.398 e. The van der Waals surface area contributed by atoms with Crippen LogP contribution in [0.15, 0.2) is 60.0 Å². The maximum atomic E-state index is 12.5. The van der Waals surface area contributed by atoms with Crippen LogP contribution in [0.5, 0.6) is 0 Å². The zero-order valence-electron chi connectivity index (χ0n) is 20.5. The SMILES string of the molecule is Cc1cc(N)c(C(=[NH2+])/C=C/c2cccc(CN3CCN(C)CC3)c2)cc1NC(=O)Cc1cccs1. The summed E-state index contributed by atoms with van der Waals surface area (Å²) in [5, 5.41) is 11.4. The highest BCUT2D eigenvalue weighted by atomic mass is 32.1. The first-order valence-corrected chi connectivity index (χ1v) is 12.8. The number of nitrogens with zero attached hydrogens (tertiary/aromatic N) is 2. The monoisotopic (exact) mass is 488 g/mol. The van der Waals surface area contributed by atoms with Gasteiger partial charge in [-0.05, 0) is 60.3 Å². The van der Waals surface area contributed by atoms with Crippen molar-refractivity contribution in [2.24, 2.45) is 0 Å². The maximum absolute atomic E-state index is 12.5. The van der Waals surface area contributed by atoms with Crippen LogP contribution in [0.3, 0.4) is 0 Å². The van der Waals surface area contributed by atoms with Gasteiger partial charge >= 0.3 is 0 Å². The number of hydrogen-bond acceptors (Lipinski definition) is 5. The van der Waals surface area contributed by atoms with Crippen molar-refractivity contribution in [3.8, 4) is 0 Å². The molecule has 1 fully saturated rings. The van der Waals surface area contributed by atoms with Gasteiger partial charge in [-0.2, -0.15) is 0 Å². The fourth-order valence-corrected chi connectivity index (χ4v) is 4.92. The number of amides is 1. The largest absolute Gasteiger partial charge is 0.398 e. The van der Waals surface area contributed by atoms with Gasteiger partial charge in [-0.3, -0.25) is 15.1 Å². The molecule has 5 N–H and O–H groups in total. The predicted octanol–water partition coefficient (Wildman–Crippen LogP) is 2.83. The molecule has 1 saturated heterocycles. The minimum atomic E-state index is -0.0578. The number of aryl methyl sites for hydroxylation is 1. The number of thiophene rings is 1. The average molecular weight is 489 g/mol. The molecule has 2 aromatic carbocycles. The fourth-order valence-electron chi connectivity index (χ4n) is 4.22. The molecule has 7 heteroatoms. The number of nitrogens with one attached hydrogen (secondary N) is 1. The van der Waals surface area contributed by atoms with Crippen molar-refractivity contribution in [1.29, 1.82) is 0 Å². The lowest BCUT2D eigenvalue weighted by molar-refractivity contribution is -0.115. The van der Waals surface area contributed by atoms with E-state index in [9.17, 15) is 4.79 Å². The lowest BCUT2D eigenvalue weighted by Crippen LogP contribution is -2.43. The first kappa shape index (κ1) is 24.9.